The van der Waals surface area contributed by atoms with Gasteiger partial charge in [-0.25, -0.2) is 0 Å². The van der Waals surface area contributed by atoms with Crippen LogP contribution >= 0.6 is 23.1 Å². The lowest BCUT2D eigenvalue weighted by Gasteiger charge is -2.16. The number of ether oxygens (including phenoxy) is 1. The quantitative estimate of drug-likeness (QED) is 0.138. The number of hydrogen-bond donors (Lipinski definition) is 3. The molecule has 0 radical (unpaired) electrons. The topological polar surface area (TPSA) is 96.5 Å². The van der Waals surface area contributed by atoms with Gasteiger partial charge in [-0.15, -0.1) is 23.1 Å². The van der Waals surface area contributed by atoms with Crippen molar-refractivity contribution in [1.82, 2.24) is 5.32 Å². The summed E-state index contributed by atoms with van der Waals surface area (Å²) in [7, 11) is 1.59. The summed E-state index contributed by atoms with van der Waals surface area (Å²) in [5.41, 5.74) is 1.81. The maximum Gasteiger partial charge on any atom is 0.272 e. The molecule has 0 aliphatic heterocycles. The van der Waals surface area contributed by atoms with Crippen LogP contribution in [0.2, 0.25) is 0 Å². The van der Waals surface area contributed by atoms with Gasteiger partial charge in [0.25, 0.3) is 11.8 Å². The van der Waals surface area contributed by atoms with Crippen molar-refractivity contribution in [2.75, 3.05) is 17.7 Å². The minimum atomic E-state index is -0.455. The molecule has 0 saturated heterocycles. The van der Waals surface area contributed by atoms with Crippen molar-refractivity contribution in [3.8, 4) is 5.75 Å². The fraction of sp³-hybridized carbons (Fsp3) is 0.129. The molecule has 3 N–H and O–H groups in total. The number of benzene rings is 3. The second-order valence-corrected chi connectivity index (χ2v) is 10.9. The highest BCUT2D eigenvalue weighted by atomic mass is 32.2. The molecule has 1 heterocycles. The normalized spacial score (nSPS) is 11.8. The van der Waals surface area contributed by atoms with Gasteiger partial charge in [0.2, 0.25) is 5.91 Å². The highest BCUT2D eigenvalue weighted by molar-refractivity contribution is 8.00. The van der Waals surface area contributed by atoms with Crippen LogP contribution < -0.4 is 20.7 Å². The summed E-state index contributed by atoms with van der Waals surface area (Å²) >= 11 is 2.87. The van der Waals surface area contributed by atoms with Crippen LogP contribution in [0.25, 0.3) is 6.08 Å². The van der Waals surface area contributed by atoms with Crippen molar-refractivity contribution >= 4 is 58.3 Å². The molecule has 4 rings (SSSR count). The summed E-state index contributed by atoms with van der Waals surface area (Å²) in [6.45, 7) is 1.95. The summed E-state index contributed by atoms with van der Waals surface area (Å²) in [5, 5.41) is 10.1. The number of nitrogens with one attached hydrogen (secondary N) is 3. The SMILES string of the molecule is CCC(Sc1cccc(NC(=O)/C(=C/c2cccs2)NC(=O)c2ccccc2)c1)C(=O)Nc1ccc(OC)cc1. The fourth-order valence-electron chi connectivity index (χ4n) is 3.69. The molecule has 3 aromatic carbocycles. The molecule has 7 nitrogen and oxygen atoms in total. The van der Waals surface area contributed by atoms with Crippen molar-refractivity contribution in [1.29, 1.82) is 0 Å². The molecule has 40 heavy (non-hydrogen) atoms. The highest BCUT2D eigenvalue weighted by Gasteiger charge is 2.19. The van der Waals surface area contributed by atoms with E-state index in [0.717, 1.165) is 9.77 Å². The Labute approximate surface area is 241 Å². The average molecular weight is 572 g/mol. The smallest absolute Gasteiger partial charge is 0.272 e. The van der Waals surface area contributed by atoms with E-state index in [2.05, 4.69) is 16.0 Å². The van der Waals surface area contributed by atoms with E-state index in [1.54, 1.807) is 67.8 Å². The average Bonchev–Trinajstić information content (AvgIpc) is 3.49. The van der Waals surface area contributed by atoms with E-state index in [4.69, 9.17) is 4.74 Å². The summed E-state index contributed by atoms with van der Waals surface area (Å²) in [4.78, 5) is 40.7. The fourth-order valence-corrected chi connectivity index (χ4v) is 5.36. The van der Waals surface area contributed by atoms with Crippen LogP contribution in [0.1, 0.15) is 28.6 Å². The van der Waals surface area contributed by atoms with E-state index in [9.17, 15) is 14.4 Å². The van der Waals surface area contributed by atoms with E-state index in [1.807, 2.05) is 48.7 Å². The van der Waals surface area contributed by atoms with Gasteiger partial charge in [0, 0.05) is 26.7 Å². The second kappa shape index (κ2) is 14.2. The summed E-state index contributed by atoms with van der Waals surface area (Å²) in [6, 6.07) is 26.9. The van der Waals surface area contributed by atoms with Crippen molar-refractivity contribution in [2.24, 2.45) is 0 Å². The molecule has 0 aliphatic carbocycles. The van der Waals surface area contributed by atoms with Crippen molar-refractivity contribution in [2.45, 2.75) is 23.5 Å². The molecule has 3 amide bonds. The summed E-state index contributed by atoms with van der Waals surface area (Å²) < 4.78 is 5.17. The standard InChI is InChI=1S/C31H29N3O4S2/c1-3-28(31(37)32-22-14-16-24(38-2)17-15-22)40-26-12-7-11-23(19-26)33-30(36)27(20-25-13-8-18-39-25)34-29(35)21-9-5-4-6-10-21/h4-20,28H,3H2,1-2H3,(H,32,37)(H,33,36)(H,34,35)/b27-20-. The Balaban J connectivity index is 1.45. The van der Waals surface area contributed by atoms with E-state index < -0.39 is 5.91 Å². The van der Waals surface area contributed by atoms with E-state index in [1.165, 1.54) is 23.1 Å². The Morgan fingerprint density at radius 1 is 0.900 bits per heavy atom. The van der Waals surface area contributed by atoms with Gasteiger partial charge in [-0.2, -0.15) is 0 Å². The van der Waals surface area contributed by atoms with E-state index in [0.29, 0.717) is 29.1 Å². The number of methoxy groups -OCH3 is 1. The number of hydrogen-bond acceptors (Lipinski definition) is 6. The monoisotopic (exact) mass is 571 g/mol. The predicted molar refractivity (Wildman–Crippen MR) is 163 cm³/mol. The first-order valence-electron chi connectivity index (χ1n) is 12.6. The molecule has 204 valence electrons. The minimum Gasteiger partial charge on any atom is -0.497 e. The van der Waals surface area contributed by atoms with Crippen LogP contribution in [0.15, 0.2) is 107 Å². The second-order valence-electron chi connectivity index (χ2n) is 8.61. The van der Waals surface area contributed by atoms with E-state index in [-0.39, 0.29) is 22.8 Å². The zero-order valence-corrected chi connectivity index (χ0v) is 23.7. The van der Waals surface area contributed by atoms with Crippen LogP contribution in [0.5, 0.6) is 5.75 Å². The van der Waals surface area contributed by atoms with Gasteiger partial charge in [-0.05, 0) is 78.5 Å². The molecule has 1 unspecified atom stereocenters. The number of anilines is 2. The molecule has 0 bridgehead atoms. The maximum absolute atomic E-state index is 13.3. The van der Waals surface area contributed by atoms with Gasteiger partial charge >= 0.3 is 0 Å². The first-order valence-corrected chi connectivity index (χ1v) is 14.4. The zero-order valence-electron chi connectivity index (χ0n) is 22.0. The first kappa shape index (κ1) is 28.7. The molecule has 1 aromatic heterocycles. The molecule has 1 atom stereocenters. The number of thioether (sulfide) groups is 1. The Kier molecular flexibility index (Phi) is 10.1. The lowest BCUT2D eigenvalue weighted by molar-refractivity contribution is -0.116. The lowest BCUT2D eigenvalue weighted by Crippen LogP contribution is -2.30. The van der Waals surface area contributed by atoms with Crippen LogP contribution in [-0.2, 0) is 9.59 Å². The third-order valence-electron chi connectivity index (χ3n) is 5.75. The number of carbonyl (C=O) groups excluding carboxylic acids is 3. The van der Waals surface area contributed by atoms with Crippen LogP contribution in [0.3, 0.4) is 0 Å². The maximum atomic E-state index is 13.3. The van der Waals surface area contributed by atoms with Gasteiger partial charge in [0.05, 0.1) is 12.4 Å². The summed E-state index contributed by atoms with van der Waals surface area (Å²) in [6.07, 6.45) is 2.26. The molecule has 9 heteroatoms. The van der Waals surface area contributed by atoms with E-state index >= 15 is 0 Å². The Morgan fingerprint density at radius 3 is 2.35 bits per heavy atom. The molecule has 0 saturated carbocycles. The minimum absolute atomic E-state index is 0.114. The number of thiophene rings is 1. The Morgan fingerprint density at radius 2 is 1.68 bits per heavy atom. The number of rotatable bonds is 11. The van der Waals surface area contributed by atoms with Gasteiger partial charge < -0.3 is 20.7 Å². The lowest BCUT2D eigenvalue weighted by atomic mass is 10.2. The van der Waals surface area contributed by atoms with Gasteiger partial charge in [-0.3, -0.25) is 14.4 Å². The van der Waals surface area contributed by atoms with Gasteiger partial charge in [-0.1, -0.05) is 37.3 Å². The highest BCUT2D eigenvalue weighted by Crippen LogP contribution is 2.29. The molecular weight excluding hydrogens is 542 g/mol. The van der Waals surface area contributed by atoms with Gasteiger partial charge in [0.15, 0.2) is 0 Å². The third kappa shape index (κ3) is 8.08. The van der Waals surface area contributed by atoms with Crippen molar-refractivity contribution < 1.29 is 19.1 Å². The predicted octanol–water partition coefficient (Wildman–Crippen LogP) is 6.68. The first-order chi connectivity index (χ1) is 19.4. The molecule has 4 aromatic rings. The van der Waals surface area contributed by atoms with Gasteiger partial charge in [0.1, 0.15) is 11.4 Å². The Bertz CT molecular complexity index is 1470. The third-order valence-corrected chi connectivity index (χ3v) is 7.93. The van der Waals surface area contributed by atoms with Crippen LogP contribution in [0, 0.1) is 0 Å². The largest absolute Gasteiger partial charge is 0.497 e. The van der Waals surface area contributed by atoms with Crippen LogP contribution in [-0.4, -0.2) is 30.1 Å². The number of amides is 3. The van der Waals surface area contributed by atoms with Crippen molar-refractivity contribution in [3.05, 3.63) is 113 Å². The molecule has 0 fully saturated rings. The van der Waals surface area contributed by atoms with Crippen LogP contribution in [0.4, 0.5) is 11.4 Å². The van der Waals surface area contributed by atoms with Crippen molar-refractivity contribution in [3.63, 3.8) is 0 Å². The molecule has 0 spiro atoms. The summed E-state index contributed by atoms with van der Waals surface area (Å²) in [5.74, 6) is -0.233. The Hall–Kier alpha value is -4.34. The molecule has 0 aliphatic rings. The molecular formula is C31H29N3O4S2. The zero-order chi connectivity index (χ0) is 28.3. The number of carbonyl (C=O) groups is 3.